The third kappa shape index (κ3) is 3.88. The predicted molar refractivity (Wildman–Crippen MR) is 78.8 cm³/mol. The van der Waals surface area contributed by atoms with Crippen LogP contribution in [0.5, 0.6) is 0 Å². The molecule has 0 saturated carbocycles. The molecule has 0 atom stereocenters. The standard InChI is InChI=1S/C14H18BrN3O/c1-9-5-6-10(7-11(9)15)13-18-17-12(19-13)8-16-14(2,3)4/h5-7,16H,8H2,1-4H3. The molecule has 0 aliphatic rings. The second-order valence-electron chi connectivity index (χ2n) is 5.57. The van der Waals surface area contributed by atoms with E-state index in [9.17, 15) is 0 Å². The SMILES string of the molecule is Cc1ccc(-c2nnc(CNC(C)(C)C)o2)cc1Br. The van der Waals surface area contributed by atoms with E-state index in [1.807, 2.05) is 25.1 Å². The first-order valence-electron chi connectivity index (χ1n) is 6.19. The van der Waals surface area contributed by atoms with Crippen molar-refractivity contribution >= 4 is 15.9 Å². The van der Waals surface area contributed by atoms with Crippen LogP contribution in [0.2, 0.25) is 0 Å². The van der Waals surface area contributed by atoms with Crippen LogP contribution in [0, 0.1) is 6.92 Å². The summed E-state index contributed by atoms with van der Waals surface area (Å²) in [5, 5.41) is 11.5. The molecule has 0 saturated heterocycles. The van der Waals surface area contributed by atoms with Gasteiger partial charge in [0.2, 0.25) is 11.8 Å². The van der Waals surface area contributed by atoms with Crippen LogP contribution < -0.4 is 5.32 Å². The van der Waals surface area contributed by atoms with E-state index >= 15 is 0 Å². The highest BCUT2D eigenvalue weighted by atomic mass is 79.9. The summed E-state index contributed by atoms with van der Waals surface area (Å²) in [5.74, 6) is 1.15. The van der Waals surface area contributed by atoms with Crippen LogP contribution in [0.1, 0.15) is 32.2 Å². The molecule has 0 fully saturated rings. The van der Waals surface area contributed by atoms with Crippen molar-refractivity contribution in [1.82, 2.24) is 15.5 Å². The Hall–Kier alpha value is -1.20. The van der Waals surface area contributed by atoms with Gasteiger partial charge in [0, 0.05) is 15.6 Å². The smallest absolute Gasteiger partial charge is 0.247 e. The van der Waals surface area contributed by atoms with Crippen LogP contribution in [0.25, 0.3) is 11.5 Å². The summed E-state index contributed by atoms with van der Waals surface area (Å²) in [4.78, 5) is 0. The second kappa shape index (κ2) is 5.43. The molecular formula is C14H18BrN3O. The van der Waals surface area contributed by atoms with Gasteiger partial charge in [0.15, 0.2) is 0 Å². The lowest BCUT2D eigenvalue weighted by atomic mass is 10.1. The van der Waals surface area contributed by atoms with Crippen LogP contribution in [0.3, 0.4) is 0 Å². The van der Waals surface area contributed by atoms with Crippen LogP contribution >= 0.6 is 15.9 Å². The molecule has 102 valence electrons. The average Bonchev–Trinajstić information content (AvgIpc) is 2.78. The molecule has 0 aliphatic heterocycles. The molecule has 0 unspecified atom stereocenters. The molecule has 0 radical (unpaired) electrons. The van der Waals surface area contributed by atoms with Gasteiger partial charge >= 0.3 is 0 Å². The van der Waals surface area contributed by atoms with Gasteiger partial charge in [0.05, 0.1) is 6.54 Å². The van der Waals surface area contributed by atoms with Crippen LogP contribution in [-0.4, -0.2) is 15.7 Å². The summed E-state index contributed by atoms with van der Waals surface area (Å²) < 4.78 is 6.69. The van der Waals surface area contributed by atoms with Crippen molar-refractivity contribution in [1.29, 1.82) is 0 Å². The van der Waals surface area contributed by atoms with Gasteiger partial charge in [-0.25, -0.2) is 0 Å². The number of benzene rings is 1. The summed E-state index contributed by atoms with van der Waals surface area (Å²) in [6.07, 6.45) is 0. The van der Waals surface area contributed by atoms with Gasteiger partial charge in [-0.1, -0.05) is 22.0 Å². The van der Waals surface area contributed by atoms with E-state index in [1.54, 1.807) is 0 Å². The highest BCUT2D eigenvalue weighted by Gasteiger charge is 2.13. The van der Waals surface area contributed by atoms with Crippen molar-refractivity contribution in [3.63, 3.8) is 0 Å². The Bertz CT molecular complexity index is 572. The third-order valence-corrected chi connectivity index (χ3v) is 3.51. The lowest BCUT2D eigenvalue weighted by molar-refractivity contribution is 0.383. The molecule has 19 heavy (non-hydrogen) atoms. The monoisotopic (exact) mass is 323 g/mol. The highest BCUT2D eigenvalue weighted by Crippen LogP contribution is 2.24. The molecular weight excluding hydrogens is 306 g/mol. The number of aryl methyl sites for hydroxylation is 1. The van der Waals surface area contributed by atoms with Crippen LogP contribution in [-0.2, 0) is 6.54 Å². The van der Waals surface area contributed by atoms with Crippen molar-refractivity contribution < 1.29 is 4.42 Å². The molecule has 0 amide bonds. The molecule has 5 heteroatoms. The summed E-state index contributed by atoms with van der Waals surface area (Å²) in [5.41, 5.74) is 2.13. The van der Waals surface area contributed by atoms with E-state index in [0.29, 0.717) is 18.3 Å². The van der Waals surface area contributed by atoms with Crippen molar-refractivity contribution in [2.75, 3.05) is 0 Å². The normalized spacial score (nSPS) is 11.8. The topological polar surface area (TPSA) is 51.0 Å². The molecule has 1 heterocycles. The van der Waals surface area contributed by atoms with Crippen molar-refractivity contribution in [2.24, 2.45) is 0 Å². The van der Waals surface area contributed by atoms with Gasteiger partial charge in [0.1, 0.15) is 0 Å². The highest BCUT2D eigenvalue weighted by molar-refractivity contribution is 9.10. The minimum atomic E-state index is 0.0293. The molecule has 1 aromatic heterocycles. The van der Waals surface area contributed by atoms with Gasteiger partial charge < -0.3 is 9.73 Å². The number of hydrogen-bond acceptors (Lipinski definition) is 4. The number of halogens is 1. The molecule has 0 aliphatic carbocycles. The van der Waals surface area contributed by atoms with E-state index < -0.39 is 0 Å². The maximum atomic E-state index is 5.65. The van der Waals surface area contributed by atoms with Gasteiger partial charge in [0.25, 0.3) is 0 Å². The minimum Gasteiger partial charge on any atom is -0.419 e. The largest absolute Gasteiger partial charge is 0.419 e. The van der Waals surface area contributed by atoms with Gasteiger partial charge in [-0.3, -0.25) is 0 Å². The van der Waals surface area contributed by atoms with E-state index in [4.69, 9.17) is 4.42 Å². The fraction of sp³-hybridized carbons (Fsp3) is 0.429. The molecule has 4 nitrogen and oxygen atoms in total. The number of hydrogen-bond donors (Lipinski definition) is 1. The predicted octanol–water partition coefficient (Wildman–Crippen LogP) is 3.70. The first-order valence-corrected chi connectivity index (χ1v) is 6.98. The first kappa shape index (κ1) is 14.2. The summed E-state index contributed by atoms with van der Waals surface area (Å²) in [6.45, 7) is 8.91. The zero-order chi connectivity index (χ0) is 14.0. The molecule has 2 aromatic rings. The Balaban J connectivity index is 2.14. The van der Waals surface area contributed by atoms with E-state index in [2.05, 4.69) is 52.2 Å². The van der Waals surface area contributed by atoms with Gasteiger partial charge in [-0.2, -0.15) is 0 Å². The van der Waals surface area contributed by atoms with E-state index in [-0.39, 0.29) is 5.54 Å². The number of rotatable bonds is 3. The zero-order valence-corrected chi connectivity index (χ0v) is 13.2. The Morgan fingerprint density at radius 2 is 2.00 bits per heavy atom. The quantitative estimate of drug-likeness (QED) is 0.935. The maximum absolute atomic E-state index is 5.65. The number of aromatic nitrogens is 2. The second-order valence-corrected chi connectivity index (χ2v) is 6.42. The molecule has 1 N–H and O–H groups in total. The zero-order valence-electron chi connectivity index (χ0n) is 11.6. The Labute approximate surface area is 121 Å². The maximum Gasteiger partial charge on any atom is 0.247 e. The molecule has 1 aromatic carbocycles. The van der Waals surface area contributed by atoms with E-state index in [0.717, 1.165) is 10.0 Å². The van der Waals surface area contributed by atoms with Gasteiger partial charge in [-0.15, -0.1) is 10.2 Å². The summed E-state index contributed by atoms with van der Waals surface area (Å²) >= 11 is 3.50. The molecule has 2 rings (SSSR count). The Morgan fingerprint density at radius 3 is 2.63 bits per heavy atom. The van der Waals surface area contributed by atoms with Crippen molar-refractivity contribution in [3.05, 3.63) is 34.1 Å². The van der Waals surface area contributed by atoms with Crippen molar-refractivity contribution in [2.45, 2.75) is 39.8 Å². The lowest BCUT2D eigenvalue weighted by Crippen LogP contribution is -2.35. The molecule has 0 spiro atoms. The number of nitrogens with one attached hydrogen (secondary N) is 1. The molecule has 0 bridgehead atoms. The minimum absolute atomic E-state index is 0.0293. The van der Waals surface area contributed by atoms with Crippen LogP contribution in [0.4, 0.5) is 0 Å². The summed E-state index contributed by atoms with van der Waals surface area (Å²) in [7, 11) is 0. The van der Waals surface area contributed by atoms with Crippen molar-refractivity contribution in [3.8, 4) is 11.5 Å². The van der Waals surface area contributed by atoms with E-state index in [1.165, 1.54) is 5.56 Å². The van der Waals surface area contributed by atoms with Gasteiger partial charge in [-0.05, 0) is 45.4 Å². The Morgan fingerprint density at radius 1 is 1.26 bits per heavy atom. The van der Waals surface area contributed by atoms with Crippen LogP contribution in [0.15, 0.2) is 27.1 Å². The Kier molecular flexibility index (Phi) is 4.06. The lowest BCUT2D eigenvalue weighted by Gasteiger charge is -2.18. The average molecular weight is 324 g/mol. The summed E-state index contributed by atoms with van der Waals surface area (Å²) in [6, 6.07) is 6.00. The fourth-order valence-electron chi connectivity index (χ4n) is 1.51. The fourth-order valence-corrected chi connectivity index (χ4v) is 1.89. The third-order valence-electron chi connectivity index (χ3n) is 2.66. The first-order chi connectivity index (χ1) is 8.85. The number of nitrogens with zero attached hydrogens (tertiary/aromatic N) is 2.